The van der Waals surface area contributed by atoms with Gasteiger partial charge in [-0.2, -0.15) is 0 Å². The fourth-order valence-electron chi connectivity index (χ4n) is 0.142. The molecule has 0 aliphatic carbocycles. The number of nitrogens with two attached hydrogens (primary N) is 1. The summed E-state index contributed by atoms with van der Waals surface area (Å²) in [7, 11) is 0. The van der Waals surface area contributed by atoms with E-state index in [-0.39, 0.29) is 17.6 Å². The van der Waals surface area contributed by atoms with E-state index >= 15 is 0 Å². The molecular formula is C12H21NO8. The monoisotopic (exact) mass is 307 g/mol. The lowest BCUT2D eigenvalue weighted by atomic mass is 10.4. The summed E-state index contributed by atoms with van der Waals surface area (Å²) in [4.78, 5) is 37.2. The number of primary amides is 1. The van der Waals surface area contributed by atoms with Crippen molar-refractivity contribution in [3.63, 3.8) is 0 Å². The molecule has 9 heteroatoms. The van der Waals surface area contributed by atoms with Gasteiger partial charge in [0.1, 0.15) is 0 Å². The molecule has 1 amide bonds. The molecule has 0 spiro atoms. The van der Waals surface area contributed by atoms with Gasteiger partial charge in [-0.3, -0.25) is 4.79 Å². The SMILES string of the molecule is C=C(C)C(=O)O.C=C(C)C(=O)O.CCOC(N)=O.O=CO. The minimum absolute atomic E-state index is 0.176. The number of carbonyl (C=O) groups is 4. The Bertz CT molecular complexity index is 314. The number of rotatable bonds is 3. The summed E-state index contributed by atoms with van der Waals surface area (Å²) >= 11 is 0. The van der Waals surface area contributed by atoms with Gasteiger partial charge in [-0.15, -0.1) is 0 Å². The third-order valence-electron chi connectivity index (χ3n) is 1.02. The van der Waals surface area contributed by atoms with Crippen molar-refractivity contribution < 1.29 is 39.2 Å². The van der Waals surface area contributed by atoms with E-state index in [0.29, 0.717) is 6.61 Å². The van der Waals surface area contributed by atoms with Crippen molar-refractivity contribution >= 4 is 24.5 Å². The van der Waals surface area contributed by atoms with Crippen molar-refractivity contribution in [2.24, 2.45) is 5.73 Å². The quantitative estimate of drug-likeness (QED) is 0.444. The Morgan fingerprint density at radius 2 is 1.29 bits per heavy atom. The second kappa shape index (κ2) is 19.5. The van der Waals surface area contributed by atoms with Gasteiger partial charge >= 0.3 is 18.0 Å². The van der Waals surface area contributed by atoms with Crippen LogP contribution in [0.1, 0.15) is 20.8 Å². The van der Waals surface area contributed by atoms with E-state index in [9.17, 15) is 14.4 Å². The van der Waals surface area contributed by atoms with Crippen LogP contribution in [0, 0.1) is 0 Å². The van der Waals surface area contributed by atoms with Crippen LogP contribution in [0.4, 0.5) is 4.79 Å². The zero-order chi connectivity index (χ0) is 18.0. The number of amides is 1. The number of carbonyl (C=O) groups excluding carboxylic acids is 1. The molecule has 0 heterocycles. The van der Waals surface area contributed by atoms with Gasteiger partial charge in [0.25, 0.3) is 6.47 Å². The van der Waals surface area contributed by atoms with Gasteiger partial charge in [0.05, 0.1) is 6.61 Å². The fraction of sp³-hybridized carbons (Fsp3) is 0.333. The topological polar surface area (TPSA) is 164 Å². The van der Waals surface area contributed by atoms with Gasteiger partial charge in [0.15, 0.2) is 0 Å². The van der Waals surface area contributed by atoms with E-state index in [1.54, 1.807) is 6.92 Å². The molecule has 0 saturated heterocycles. The molecule has 0 unspecified atom stereocenters. The number of hydrogen-bond acceptors (Lipinski definition) is 5. The highest BCUT2D eigenvalue weighted by molar-refractivity contribution is 5.85. The van der Waals surface area contributed by atoms with Crippen LogP contribution < -0.4 is 5.73 Å². The summed E-state index contributed by atoms with van der Waals surface area (Å²) in [6.45, 7) is 11.0. The molecular weight excluding hydrogens is 286 g/mol. The minimum atomic E-state index is -0.935. The molecule has 0 atom stereocenters. The average molecular weight is 307 g/mol. The number of ether oxygens (including phenoxy) is 1. The largest absolute Gasteiger partial charge is 0.483 e. The zero-order valence-electron chi connectivity index (χ0n) is 12.2. The molecule has 0 saturated carbocycles. The highest BCUT2D eigenvalue weighted by Crippen LogP contribution is 1.81. The summed E-state index contributed by atoms with van der Waals surface area (Å²) in [6, 6.07) is 0. The van der Waals surface area contributed by atoms with Crippen molar-refractivity contribution in [1.82, 2.24) is 0 Å². The smallest absolute Gasteiger partial charge is 0.404 e. The highest BCUT2D eigenvalue weighted by Gasteiger charge is 1.90. The molecule has 0 fully saturated rings. The van der Waals surface area contributed by atoms with Crippen molar-refractivity contribution in [2.75, 3.05) is 6.61 Å². The first-order valence-electron chi connectivity index (χ1n) is 5.25. The fourth-order valence-corrected chi connectivity index (χ4v) is 0.142. The van der Waals surface area contributed by atoms with Crippen LogP contribution in [-0.2, 0) is 19.1 Å². The summed E-state index contributed by atoms with van der Waals surface area (Å²) in [5.41, 5.74) is 4.89. The lowest BCUT2D eigenvalue weighted by Gasteiger charge is -1.89. The number of aliphatic carboxylic acids is 2. The molecule has 122 valence electrons. The van der Waals surface area contributed by atoms with E-state index in [1.807, 2.05) is 0 Å². The molecule has 21 heavy (non-hydrogen) atoms. The van der Waals surface area contributed by atoms with E-state index in [0.717, 1.165) is 0 Å². The molecule has 9 nitrogen and oxygen atoms in total. The van der Waals surface area contributed by atoms with E-state index in [2.05, 4.69) is 23.6 Å². The summed E-state index contributed by atoms with van der Waals surface area (Å²) in [5, 5.41) is 22.7. The first-order chi connectivity index (χ1) is 9.47. The standard InChI is InChI=1S/2C4H6O2.C3H7NO2.CH2O2/c2*1-3(2)4(5)6;1-2-6-3(4)5;2-1-3/h2*1H2,2H3,(H,5,6);2H2,1H3,(H2,4,5);1H,(H,2,3). The maximum atomic E-state index is 9.60. The summed E-state index contributed by atoms with van der Waals surface area (Å²) in [5.74, 6) is -1.87. The Labute approximate surface area is 122 Å². The van der Waals surface area contributed by atoms with E-state index < -0.39 is 18.0 Å². The average Bonchev–Trinajstić information content (AvgIpc) is 2.30. The molecule has 0 aromatic heterocycles. The molecule has 0 radical (unpaired) electrons. The molecule has 0 rings (SSSR count). The predicted molar refractivity (Wildman–Crippen MR) is 74.8 cm³/mol. The molecule has 5 N–H and O–H groups in total. The molecule has 0 aromatic carbocycles. The minimum Gasteiger partial charge on any atom is -0.483 e. The van der Waals surface area contributed by atoms with Gasteiger partial charge in [-0.05, 0) is 20.8 Å². The van der Waals surface area contributed by atoms with Crippen LogP contribution in [0.5, 0.6) is 0 Å². The van der Waals surface area contributed by atoms with Crippen LogP contribution in [0.3, 0.4) is 0 Å². The second-order valence-corrected chi connectivity index (χ2v) is 3.03. The van der Waals surface area contributed by atoms with Gasteiger partial charge in [-0.1, -0.05) is 13.2 Å². The first kappa shape index (κ1) is 26.7. The second-order valence-electron chi connectivity index (χ2n) is 3.03. The third kappa shape index (κ3) is 59.2. The Hall–Kier alpha value is -2.84. The van der Waals surface area contributed by atoms with Crippen LogP contribution in [0.2, 0.25) is 0 Å². The summed E-state index contributed by atoms with van der Waals surface area (Å²) in [6.07, 6.45) is -0.711. The number of carboxylic acids is 2. The van der Waals surface area contributed by atoms with Crippen molar-refractivity contribution in [1.29, 1.82) is 0 Å². The maximum absolute atomic E-state index is 9.60. The van der Waals surface area contributed by atoms with Gasteiger partial charge < -0.3 is 25.8 Å². The lowest BCUT2D eigenvalue weighted by Crippen LogP contribution is -2.11. The van der Waals surface area contributed by atoms with Gasteiger partial charge in [0.2, 0.25) is 0 Å². The van der Waals surface area contributed by atoms with Crippen molar-refractivity contribution in [3.8, 4) is 0 Å². The number of carboxylic acid groups (broad SMARTS) is 3. The molecule has 0 bridgehead atoms. The summed E-state index contributed by atoms with van der Waals surface area (Å²) < 4.78 is 4.18. The van der Waals surface area contributed by atoms with Gasteiger partial charge in [0, 0.05) is 11.1 Å². The van der Waals surface area contributed by atoms with Gasteiger partial charge in [-0.25, -0.2) is 14.4 Å². The Morgan fingerprint density at radius 3 is 1.29 bits per heavy atom. The third-order valence-corrected chi connectivity index (χ3v) is 1.02. The van der Waals surface area contributed by atoms with Crippen molar-refractivity contribution in [3.05, 3.63) is 24.3 Å². The molecule has 0 aliphatic heterocycles. The zero-order valence-corrected chi connectivity index (χ0v) is 12.2. The Kier molecular flexibility index (Phi) is 24.8. The Morgan fingerprint density at radius 1 is 1.10 bits per heavy atom. The lowest BCUT2D eigenvalue weighted by molar-refractivity contribution is -0.133. The number of hydrogen-bond donors (Lipinski definition) is 4. The first-order valence-corrected chi connectivity index (χ1v) is 5.25. The van der Waals surface area contributed by atoms with Crippen LogP contribution in [0.25, 0.3) is 0 Å². The van der Waals surface area contributed by atoms with Crippen molar-refractivity contribution in [2.45, 2.75) is 20.8 Å². The normalized spacial score (nSPS) is 7.00. The van der Waals surface area contributed by atoms with Crippen LogP contribution in [0.15, 0.2) is 24.3 Å². The van der Waals surface area contributed by atoms with E-state index in [1.165, 1.54) is 13.8 Å². The highest BCUT2D eigenvalue weighted by atomic mass is 16.5. The van der Waals surface area contributed by atoms with Crippen LogP contribution in [-0.4, -0.2) is 46.4 Å². The molecule has 0 aromatic rings. The van der Waals surface area contributed by atoms with E-state index in [4.69, 9.17) is 20.1 Å². The Balaban J connectivity index is -0.0000000944. The van der Waals surface area contributed by atoms with Crippen LogP contribution >= 0.6 is 0 Å². The molecule has 0 aliphatic rings. The predicted octanol–water partition coefficient (Wildman–Crippen LogP) is 1.10. The maximum Gasteiger partial charge on any atom is 0.404 e.